The first-order valence-corrected chi connectivity index (χ1v) is 13.3. The Labute approximate surface area is 224 Å². The number of carbonyl (C=O) groups excluding carboxylic acids is 3. The van der Waals surface area contributed by atoms with E-state index in [0.717, 1.165) is 48.2 Å². The zero-order chi connectivity index (χ0) is 26.1. The molecule has 2 N–H and O–H groups in total. The van der Waals surface area contributed by atoms with Gasteiger partial charge in [-0.1, -0.05) is 12.1 Å². The first kappa shape index (κ1) is 25.3. The molecule has 2 aliphatic carbocycles. The monoisotopic (exact) mass is 564 g/mol. The number of nitrogens with one attached hydrogen (secondary N) is 2. The van der Waals surface area contributed by atoms with E-state index in [-0.39, 0.29) is 24.1 Å². The van der Waals surface area contributed by atoms with Crippen LogP contribution < -0.4 is 20.1 Å². The predicted octanol–water partition coefficient (Wildman–Crippen LogP) is 5.48. The molecule has 1 aliphatic heterocycles. The number of anilines is 1. The van der Waals surface area contributed by atoms with Crippen molar-refractivity contribution in [2.45, 2.75) is 51.4 Å². The van der Waals surface area contributed by atoms with Gasteiger partial charge >= 0.3 is 0 Å². The number of benzene rings is 2. The fourth-order valence-electron chi connectivity index (χ4n) is 5.42. The normalized spacial score (nSPS) is 17.7. The molecule has 2 aromatic carbocycles. The summed E-state index contributed by atoms with van der Waals surface area (Å²) in [6.45, 7) is 1.75. The summed E-state index contributed by atoms with van der Waals surface area (Å²) in [6, 6.07) is 11.2. The van der Waals surface area contributed by atoms with Crippen molar-refractivity contribution in [3.63, 3.8) is 0 Å². The van der Waals surface area contributed by atoms with Crippen molar-refractivity contribution in [3.05, 3.63) is 74.5 Å². The molecule has 0 aromatic heterocycles. The summed E-state index contributed by atoms with van der Waals surface area (Å²) in [7, 11) is 1.53. The number of Topliss-reactive ketones (excluding diaryl/α,β-unsaturated/α-hetero) is 2. The molecule has 0 radical (unpaired) electrons. The van der Waals surface area contributed by atoms with Gasteiger partial charge in [0.15, 0.2) is 29.7 Å². The second kappa shape index (κ2) is 10.5. The van der Waals surface area contributed by atoms with Crippen molar-refractivity contribution in [2.75, 3.05) is 19.0 Å². The van der Waals surface area contributed by atoms with Crippen molar-refractivity contribution in [1.82, 2.24) is 5.32 Å². The zero-order valence-corrected chi connectivity index (χ0v) is 22.5. The summed E-state index contributed by atoms with van der Waals surface area (Å²) < 4.78 is 12.1. The molecule has 1 amide bonds. The largest absolute Gasteiger partial charge is 0.493 e. The smallest absolute Gasteiger partial charge is 0.262 e. The number of dihydropyridines is 1. The summed E-state index contributed by atoms with van der Waals surface area (Å²) >= 11 is 3.58. The van der Waals surface area contributed by atoms with Gasteiger partial charge in [0.05, 0.1) is 11.6 Å². The highest BCUT2D eigenvalue weighted by Gasteiger charge is 2.40. The summed E-state index contributed by atoms with van der Waals surface area (Å²) in [6.07, 6.45) is 4.14. The number of carbonyl (C=O) groups is 3. The van der Waals surface area contributed by atoms with Crippen molar-refractivity contribution in [1.29, 1.82) is 0 Å². The highest BCUT2D eigenvalue weighted by atomic mass is 79.9. The van der Waals surface area contributed by atoms with Crippen molar-refractivity contribution in [2.24, 2.45) is 0 Å². The van der Waals surface area contributed by atoms with Gasteiger partial charge in [-0.05, 0) is 83.9 Å². The van der Waals surface area contributed by atoms with E-state index in [9.17, 15) is 14.4 Å². The quantitative estimate of drug-likeness (QED) is 0.482. The Balaban J connectivity index is 1.45. The van der Waals surface area contributed by atoms with Gasteiger partial charge in [0.1, 0.15) is 0 Å². The van der Waals surface area contributed by atoms with Crippen LogP contribution in [0.3, 0.4) is 0 Å². The molecule has 8 heteroatoms. The standard InChI is InChI=1S/C29H29BrN2O5/c1-16-6-3-7-18(12-16)31-25(35)15-37-29-19(30)13-17(14-24(29)36-2)26-27-20(8-4-10-22(27)33)32-21-9-5-11-23(34)28(21)26/h3,6-7,12-14,26,32H,4-5,8-11,15H2,1-2H3,(H,31,35). The molecule has 0 saturated heterocycles. The minimum absolute atomic E-state index is 0.0758. The third kappa shape index (κ3) is 5.07. The van der Waals surface area contributed by atoms with Crippen LogP contribution in [0, 0.1) is 6.92 Å². The minimum Gasteiger partial charge on any atom is -0.493 e. The van der Waals surface area contributed by atoms with Crippen LogP contribution in [0.15, 0.2) is 63.4 Å². The summed E-state index contributed by atoms with van der Waals surface area (Å²) in [4.78, 5) is 38.7. The molecule has 2 aromatic rings. The highest BCUT2D eigenvalue weighted by molar-refractivity contribution is 9.10. The Morgan fingerprint density at radius 2 is 1.70 bits per heavy atom. The van der Waals surface area contributed by atoms with Crippen LogP contribution >= 0.6 is 15.9 Å². The fraction of sp³-hybridized carbons (Fsp3) is 0.345. The highest BCUT2D eigenvalue weighted by Crippen LogP contribution is 2.48. The molecular formula is C29H29BrN2O5. The summed E-state index contributed by atoms with van der Waals surface area (Å²) in [5.74, 6) is 0.205. The Bertz CT molecular complexity index is 1320. The van der Waals surface area contributed by atoms with E-state index >= 15 is 0 Å². The molecule has 0 spiro atoms. The lowest BCUT2D eigenvalue weighted by Crippen LogP contribution is -2.36. The van der Waals surface area contributed by atoms with E-state index in [4.69, 9.17) is 9.47 Å². The van der Waals surface area contributed by atoms with Gasteiger partial charge in [-0.25, -0.2) is 0 Å². The Hall–Kier alpha value is -3.39. The molecule has 0 atom stereocenters. The number of amides is 1. The Kier molecular flexibility index (Phi) is 7.20. The van der Waals surface area contributed by atoms with Gasteiger partial charge in [0, 0.05) is 47.0 Å². The van der Waals surface area contributed by atoms with E-state index < -0.39 is 5.92 Å². The number of ketones is 2. The van der Waals surface area contributed by atoms with Crippen LogP contribution in [-0.4, -0.2) is 31.2 Å². The number of hydrogen-bond acceptors (Lipinski definition) is 6. The maximum atomic E-state index is 13.1. The van der Waals surface area contributed by atoms with E-state index in [0.29, 0.717) is 45.6 Å². The lowest BCUT2D eigenvalue weighted by atomic mass is 9.71. The van der Waals surface area contributed by atoms with Crippen LogP contribution in [0.4, 0.5) is 5.69 Å². The van der Waals surface area contributed by atoms with Crippen molar-refractivity contribution >= 4 is 39.1 Å². The molecule has 1 heterocycles. The van der Waals surface area contributed by atoms with Gasteiger partial charge in [-0.15, -0.1) is 0 Å². The van der Waals surface area contributed by atoms with Gasteiger partial charge in [-0.3, -0.25) is 14.4 Å². The van der Waals surface area contributed by atoms with Crippen LogP contribution in [0.5, 0.6) is 11.5 Å². The predicted molar refractivity (Wildman–Crippen MR) is 144 cm³/mol. The van der Waals surface area contributed by atoms with Crippen LogP contribution in [0.2, 0.25) is 0 Å². The molecule has 192 valence electrons. The lowest BCUT2D eigenvalue weighted by Gasteiger charge is -2.37. The Morgan fingerprint density at radius 3 is 2.32 bits per heavy atom. The third-order valence-corrected chi connectivity index (χ3v) is 7.61. The maximum Gasteiger partial charge on any atom is 0.262 e. The second-order valence-electron chi connectivity index (χ2n) is 9.64. The SMILES string of the molecule is COc1cc(C2C3=C(CCCC3=O)NC3=C2C(=O)CCC3)cc(Br)c1OCC(=O)Nc1cccc(C)c1. The van der Waals surface area contributed by atoms with Crippen molar-refractivity contribution < 1.29 is 23.9 Å². The number of halogens is 1. The molecule has 0 unspecified atom stereocenters. The Morgan fingerprint density at radius 1 is 1.03 bits per heavy atom. The zero-order valence-electron chi connectivity index (χ0n) is 20.9. The first-order valence-electron chi connectivity index (χ1n) is 12.5. The maximum absolute atomic E-state index is 13.1. The molecule has 37 heavy (non-hydrogen) atoms. The molecular weight excluding hydrogens is 536 g/mol. The minimum atomic E-state index is -0.448. The summed E-state index contributed by atoms with van der Waals surface area (Å²) in [5.41, 5.74) is 5.74. The third-order valence-electron chi connectivity index (χ3n) is 7.03. The topological polar surface area (TPSA) is 93.7 Å². The van der Waals surface area contributed by atoms with E-state index in [1.165, 1.54) is 7.11 Å². The van der Waals surface area contributed by atoms with Gasteiger partial charge in [0.25, 0.3) is 5.91 Å². The number of allylic oxidation sites excluding steroid dienone is 4. The van der Waals surface area contributed by atoms with Gasteiger partial charge < -0.3 is 20.1 Å². The van der Waals surface area contributed by atoms with Crippen LogP contribution in [-0.2, 0) is 14.4 Å². The first-order chi connectivity index (χ1) is 17.9. The van der Waals surface area contributed by atoms with Crippen LogP contribution in [0.1, 0.15) is 55.6 Å². The second-order valence-corrected chi connectivity index (χ2v) is 10.5. The number of rotatable bonds is 6. The molecule has 0 fully saturated rings. The number of methoxy groups -OCH3 is 1. The van der Waals surface area contributed by atoms with Gasteiger partial charge in [-0.2, -0.15) is 0 Å². The van der Waals surface area contributed by atoms with Crippen LogP contribution in [0.25, 0.3) is 0 Å². The number of ether oxygens (including phenoxy) is 2. The molecule has 3 aliphatic rings. The van der Waals surface area contributed by atoms with Gasteiger partial charge in [0.2, 0.25) is 0 Å². The molecule has 0 bridgehead atoms. The van der Waals surface area contributed by atoms with E-state index in [1.54, 1.807) is 0 Å². The molecule has 7 nitrogen and oxygen atoms in total. The summed E-state index contributed by atoms with van der Waals surface area (Å²) in [5, 5.41) is 6.26. The van der Waals surface area contributed by atoms with E-state index in [1.807, 2.05) is 43.3 Å². The molecule has 0 saturated carbocycles. The molecule has 5 rings (SSSR count). The van der Waals surface area contributed by atoms with Crippen molar-refractivity contribution in [3.8, 4) is 11.5 Å². The van der Waals surface area contributed by atoms with E-state index in [2.05, 4.69) is 26.6 Å². The average Bonchev–Trinajstić information content (AvgIpc) is 2.86. The lowest BCUT2D eigenvalue weighted by molar-refractivity contribution is -0.118. The fourth-order valence-corrected chi connectivity index (χ4v) is 5.99. The number of hydrogen-bond donors (Lipinski definition) is 2. The average molecular weight is 565 g/mol. The number of aryl methyl sites for hydroxylation is 1.